The van der Waals surface area contributed by atoms with Crippen LogP contribution in [0.1, 0.15) is 39.1 Å². The molecule has 1 fully saturated rings. The van der Waals surface area contributed by atoms with Crippen molar-refractivity contribution in [1.29, 1.82) is 0 Å². The lowest BCUT2D eigenvalue weighted by atomic mass is 10.1. The summed E-state index contributed by atoms with van der Waals surface area (Å²) in [6.07, 6.45) is 0.798. The first kappa shape index (κ1) is 15.0. The van der Waals surface area contributed by atoms with Gasteiger partial charge in [-0.2, -0.15) is 5.10 Å². The van der Waals surface area contributed by atoms with E-state index < -0.39 is 5.54 Å². The van der Waals surface area contributed by atoms with Crippen LogP contribution in [0.25, 0.3) is 0 Å². The third-order valence-electron chi connectivity index (χ3n) is 3.45. The SMILES string of the molecule is CCc1nn(CC)c(CN2C(=O)NC(C)(C)C2=O)c1Br. The standard InChI is InChI=1S/C13H19BrN4O2/c1-5-8-10(14)9(18(6-2)16-8)7-17-11(19)13(3,4)15-12(17)20/h5-7H2,1-4H3,(H,15,20). The first-order valence-electron chi connectivity index (χ1n) is 6.70. The molecule has 1 N–H and O–H groups in total. The van der Waals surface area contributed by atoms with Crippen LogP contribution in [-0.2, 0) is 24.3 Å². The fourth-order valence-corrected chi connectivity index (χ4v) is 2.97. The van der Waals surface area contributed by atoms with Gasteiger partial charge in [-0.3, -0.25) is 14.4 Å². The van der Waals surface area contributed by atoms with Gasteiger partial charge in [0, 0.05) is 6.54 Å². The zero-order chi connectivity index (χ0) is 15.1. The van der Waals surface area contributed by atoms with E-state index >= 15 is 0 Å². The fraction of sp³-hybridized carbons (Fsp3) is 0.615. The number of halogens is 1. The number of nitrogens with zero attached hydrogens (tertiary/aromatic N) is 3. The second-order valence-corrected chi connectivity index (χ2v) is 6.12. The van der Waals surface area contributed by atoms with Crippen molar-refractivity contribution in [2.24, 2.45) is 0 Å². The molecule has 0 aliphatic carbocycles. The topological polar surface area (TPSA) is 67.2 Å². The number of imide groups is 1. The number of carbonyl (C=O) groups is 2. The minimum Gasteiger partial charge on any atom is -0.324 e. The van der Waals surface area contributed by atoms with Gasteiger partial charge in [0.05, 0.1) is 22.4 Å². The van der Waals surface area contributed by atoms with Crippen LogP contribution in [0.3, 0.4) is 0 Å². The average Bonchev–Trinajstić information content (AvgIpc) is 2.79. The van der Waals surface area contributed by atoms with Gasteiger partial charge in [0.2, 0.25) is 0 Å². The van der Waals surface area contributed by atoms with Gasteiger partial charge in [0.1, 0.15) is 5.54 Å². The Morgan fingerprint density at radius 2 is 1.95 bits per heavy atom. The van der Waals surface area contributed by atoms with Crippen LogP contribution < -0.4 is 5.32 Å². The second-order valence-electron chi connectivity index (χ2n) is 5.32. The molecule has 1 aromatic rings. The molecule has 3 amide bonds. The highest BCUT2D eigenvalue weighted by Gasteiger charge is 2.44. The van der Waals surface area contributed by atoms with E-state index in [9.17, 15) is 9.59 Å². The number of nitrogens with one attached hydrogen (secondary N) is 1. The van der Waals surface area contributed by atoms with E-state index in [4.69, 9.17) is 0 Å². The Morgan fingerprint density at radius 1 is 1.30 bits per heavy atom. The molecular weight excluding hydrogens is 324 g/mol. The van der Waals surface area contributed by atoms with E-state index in [2.05, 4.69) is 26.3 Å². The minimum atomic E-state index is -0.839. The highest BCUT2D eigenvalue weighted by molar-refractivity contribution is 9.10. The summed E-state index contributed by atoms with van der Waals surface area (Å²) >= 11 is 3.53. The van der Waals surface area contributed by atoms with E-state index in [1.54, 1.807) is 13.8 Å². The third kappa shape index (κ3) is 2.34. The van der Waals surface area contributed by atoms with Gasteiger partial charge < -0.3 is 5.32 Å². The molecule has 0 aromatic carbocycles. The highest BCUT2D eigenvalue weighted by atomic mass is 79.9. The first-order valence-corrected chi connectivity index (χ1v) is 7.49. The van der Waals surface area contributed by atoms with Crippen molar-refractivity contribution < 1.29 is 9.59 Å². The lowest BCUT2D eigenvalue weighted by molar-refractivity contribution is -0.130. The molecular formula is C13H19BrN4O2. The molecule has 6 nitrogen and oxygen atoms in total. The van der Waals surface area contributed by atoms with E-state index in [1.165, 1.54) is 4.90 Å². The number of urea groups is 1. The summed E-state index contributed by atoms with van der Waals surface area (Å²) in [5.74, 6) is -0.212. The number of aromatic nitrogens is 2. The van der Waals surface area contributed by atoms with E-state index in [1.807, 2.05) is 18.5 Å². The second kappa shape index (κ2) is 5.20. The van der Waals surface area contributed by atoms with Crippen LogP contribution >= 0.6 is 15.9 Å². The summed E-state index contributed by atoms with van der Waals surface area (Å²) in [5.41, 5.74) is 0.951. The van der Waals surface area contributed by atoms with Gasteiger partial charge >= 0.3 is 6.03 Å². The number of aryl methyl sites for hydroxylation is 2. The number of hydrogen-bond acceptors (Lipinski definition) is 3. The Balaban J connectivity index is 2.33. The summed E-state index contributed by atoms with van der Waals surface area (Å²) in [5, 5.41) is 7.16. The number of carbonyl (C=O) groups excluding carboxylic acids is 2. The van der Waals surface area contributed by atoms with Crippen LogP contribution in [-0.4, -0.2) is 32.2 Å². The predicted octanol–water partition coefficient (Wildman–Crippen LogP) is 2.06. The molecule has 0 saturated carbocycles. The largest absolute Gasteiger partial charge is 0.325 e. The van der Waals surface area contributed by atoms with Crippen molar-refractivity contribution in [1.82, 2.24) is 20.0 Å². The quantitative estimate of drug-likeness (QED) is 0.851. The smallest absolute Gasteiger partial charge is 0.324 e. The zero-order valence-electron chi connectivity index (χ0n) is 12.2. The maximum atomic E-state index is 12.2. The van der Waals surface area contributed by atoms with E-state index in [-0.39, 0.29) is 18.5 Å². The first-order chi connectivity index (χ1) is 9.31. The van der Waals surface area contributed by atoms with Gasteiger partial charge in [0.15, 0.2) is 0 Å². The molecule has 0 bridgehead atoms. The lowest BCUT2D eigenvalue weighted by Crippen LogP contribution is -2.40. The van der Waals surface area contributed by atoms with Gasteiger partial charge in [-0.1, -0.05) is 6.92 Å². The van der Waals surface area contributed by atoms with Crippen LogP contribution in [0.2, 0.25) is 0 Å². The Labute approximate surface area is 126 Å². The average molecular weight is 343 g/mol. The van der Waals surface area contributed by atoms with Crippen LogP contribution in [0.15, 0.2) is 4.47 Å². The molecule has 20 heavy (non-hydrogen) atoms. The maximum Gasteiger partial charge on any atom is 0.325 e. The van der Waals surface area contributed by atoms with Crippen molar-refractivity contribution >= 4 is 27.9 Å². The van der Waals surface area contributed by atoms with E-state index in [0.29, 0.717) is 6.54 Å². The fourth-order valence-electron chi connectivity index (χ4n) is 2.28. The molecule has 7 heteroatoms. The predicted molar refractivity (Wildman–Crippen MR) is 78.1 cm³/mol. The molecule has 1 aliphatic rings. The molecule has 0 atom stereocenters. The van der Waals surface area contributed by atoms with Crippen molar-refractivity contribution in [2.45, 2.75) is 52.7 Å². The Bertz CT molecular complexity index is 565. The Morgan fingerprint density at radius 3 is 2.40 bits per heavy atom. The van der Waals surface area contributed by atoms with Crippen molar-refractivity contribution in [3.05, 3.63) is 15.9 Å². The summed E-state index contributed by atoms with van der Waals surface area (Å²) in [6.45, 7) is 8.34. The van der Waals surface area contributed by atoms with Crippen LogP contribution in [0.4, 0.5) is 4.79 Å². The van der Waals surface area contributed by atoms with E-state index in [0.717, 1.165) is 22.3 Å². The van der Waals surface area contributed by atoms with Crippen LogP contribution in [0.5, 0.6) is 0 Å². The summed E-state index contributed by atoms with van der Waals surface area (Å²) in [7, 11) is 0. The Hall–Kier alpha value is -1.37. The third-order valence-corrected chi connectivity index (χ3v) is 4.36. The number of rotatable bonds is 4. The molecule has 0 unspecified atom stereocenters. The minimum absolute atomic E-state index is 0.212. The van der Waals surface area contributed by atoms with Crippen LogP contribution in [0, 0.1) is 0 Å². The van der Waals surface area contributed by atoms with Gasteiger partial charge in [-0.05, 0) is 43.1 Å². The maximum absolute atomic E-state index is 12.2. The van der Waals surface area contributed by atoms with Gasteiger partial charge in [0.25, 0.3) is 5.91 Å². The molecule has 1 saturated heterocycles. The molecule has 2 heterocycles. The monoisotopic (exact) mass is 342 g/mol. The van der Waals surface area contributed by atoms with Crippen molar-refractivity contribution in [3.63, 3.8) is 0 Å². The summed E-state index contributed by atoms with van der Waals surface area (Å²) < 4.78 is 2.71. The van der Waals surface area contributed by atoms with Gasteiger partial charge in [-0.15, -0.1) is 0 Å². The molecule has 110 valence electrons. The molecule has 0 radical (unpaired) electrons. The Kier molecular flexibility index (Phi) is 3.90. The van der Waals surface area contributed by atoms with Crippen molar-refractivity contribution in [3.8, 4) is 0 Å². The molecule has 0 spiro atoms. The highest BCUT2D eigenvalue weighted by Crippen LogP contribution is 2.26. The molecule has 2 rings (SSSR count). The molecule has 1 aliphatic heterocycles. The molecule has 1 aromatic heterocycles. The lowest BCUT2D eigenvalue weighted by Gasteiger charge is -2.16. The summed E-state index contributed by atoms with van der Waals surface area (Å²) in [4.78, 5) is 25.4. The zero-order valence-corrected chi connectivity index (χ0v) is 13.7. The number of amides is 3. The van der Waals surface area contributed by atoms with Gasteiger partial charge in [-0.25, -0.2) is 4.79 Å². The van der Waals surface area contributed by atoms with Crippen molar-refractivity contribution in [2.75, 3.05) is 0 Å². The normalized spacial score (nSPS) is 17.8. The number of hydrogen-bond donors (Lipinski definition) is 1. The summed E-state index contributed by atoms with van der Waals surface area (Å²) in [6, 6.07) is -0.353.